The van der Waals surface area contributed by atoms with Gasteiger partial charge >= 0.3 is 0 Å². The zero-order valence-corrected chi connectivity index (χ0v) is 7.06. The van der Waals surface area contributed by atoms with Crippen LogP contribution in [0.5, 0.6) is 0 Å². The van der Waals surface area contributed by atoms with Crippen LogP contribution in [0.4, 0.5) is 0 Å². The van der Waals surface area contributed by atoms with Gasteiger partial charge in [-0.15, -0.1) is 11.7 Å². The van der Waals surface area contributed by atoms with Crippen LogP contribution < -0.4 is 0 Å². The molecule has 0 saturated heterocycles. The number of thiol groups is 1. The minimum atomic E-state index is 0.677. The van der Waals surface area contributed by atoms with Crippen LogP contribution in [0.1, 0.15) is 0 Å². The van der Waals surface area contributed by atoms with Crippen molar-refractivity contribution in [2.45, 2.75) is 5.16 Å². The molecule has 0 aromatic carbocycles. The van der Waals surface area contributed by atoms with E-state index in [-0.39, 0.29) is 0 Å². The molecule has 0 aliphatic carbocycles. The first-order valence-electron chi connectivity index (χ1n) is 2.87. The maximum atomic E-state index is 4.11. The summed E-state index contributed by atoms with van der Waals surface area (Å²) >= 11 is 4.00. The normalized spacial score (nSPS) is 10.6. The van der Waals surface area contributed by atoms with Crippen LogP contribution in [0, 0.1) is 0 Å². The molecule has 2 heterocycles. The third-order valence-electron chi connectivity index (χ3n) is 1.23. The lowest BCUT2D eigenvalue weighted by molar-refractivity contribution is 1.08. The molecule has 0 radical (unpaired) electrons. The Kier molecular flexibility index (Phi) is 1.71. The highest BCUT2D eigenvalue weighted by Gasteiger charge is 2.00. The molecule has 1 N–H and O–H groups in total. The van der Waals surface area contributed by atoms with E-state index in [2.05, 4.69) is 31.6 Å². The van der Waals surface area contributed by atoms with E-state index in [0.717, 1.165) is 10.7 Å². The highest BCUT2D eigenvalue weighted by Crippen LogP contribution is 2.19. The fourth-order valence-corrected chi connectivity index (χ4v) is 1.33. The first-order chi connectivity index (χ1) is 5.40. The third-order valence-corrected chi connectivity index (χ3v) is 2.11. The highest BCUT2D eigenvalue weighted by atomic mass is 33.1. The van der Waals surface area contributed by atoms with Crippen LogP contribution in [-0.4, -0.2) is 19.9 Å². The molecule has 0 amide bonds. The Hall–Kier alpha value is -0.750. The molecule has 2 aromatic heterocycles. The number of hydrogen-bond donors (Lipinski definition) is 2. The Bertz CT molecular complexity index is 338. The molecule has 4 nitrogen and oxygen atoms in total. The highest BCUT2D eigenvalue weighted by molar-refractivity contribution is 8.68. The van der Waals surface area contributed by atoms with Gasteiger partial charge in [0.1, 0.15) is 11.8 Å². The van der Waals surface area contributed by atoms with Crippen molar-refractivity contribution >= 4 is 33.6 Å². The van der Waals surface area contributed by atoms with Gasteiger partial charge in [-0.05, 0) is 10.8 Å². The maximum absolute atomic E-state index is 4.11. The average Bonchev–Trinajstić information content (AvgIpc) is 2.46. The second-order valence-corrected chi connectivity index (χ2v) is 3.01. The number of hydrogen-bond acceptors (Lipinski definition) is 5. The zero-order chi connectivity index (χ0) is 7.68. The Morgan fingerprint density at radius 3 is 3.18 bits per heavy atom. The largest absolute Gasteiger partial charge is 0.330 e. The van der Waals surface area contributed by atoms with E-state index < -0.39 is 0 Å². The quantitative estimate of drug-likeness (QED) is 0.518. The number of nitrogens with one attached hydrogen (secondary N) is 1. The van der Waals surface area contributed by atoms with Gasteiger partial charge in [-0.2, -0.15) is 0 Å². The summed E-state index contributed by atoms with van der Waals surface area (Å²) in [5.74, 6) is 0. The van der Waals surface area contributed by atoms with Crippen LogP contribution in [0.3, 0.4) is 0 Å². The number of rotatable bonds is 1. The smallest absolute Gasteiger partial charge is 0.181 e. The van der Waals surface area contributed by atoms with E-state index in [0.29, 0.717) is 5.65 Å². The molecule has 0 aliphatic rings. The molecule has 0 fully saturated rings. The zero-order valence-electron chi connectivity index (χ0n) is 5.35. The van der Waals surface area contributed by atoms with Gasteiger partial charge in [0.15, 0.2) is 10.8 Å². The van der Waals surface area contributed by atoms with Gasteiger partial charge in [-0.25, -0.2) is 15.0 Å². The van der Waals surface area contributed by atoms with Gasteiger partial charge in [0, 0.05) is 0 Å². The standard InChI is InChI=1S/C5H4N4S2/c10-11-5-8-3-1-6-2-7-4(3)9-5/h1-2,10H,(H,6,7,8,9). The maximum Gasteiger partial charge on any atom is 0.181 e. The van der Waals surface area contributed by atoms with Crippen LogP contribution >= 0.6 is 22.5 Å². The van der Waals surface area contributed by atoms with Crippen molar-refractivity contribution in [3.8, 4) is 0 Å². The van der Waals surface area contributed by atoms with E-state index >= 15 is 0 Å². The summed E-state index contributed by atoms with van der Waals surface area (Å²) in [4.78, 5) is 14.9. The molecular formula is C5H4N4S2. The van der Waals surface area contributed by atoms with Crippen LogP contribution in [0.25, 0.3) is 11.2 Å². The minimum absolute atomic E-state index is 0.677. The second-order valence-electron chi connectivity index (χ2n) is 1.89. The van der Waals surface area contributed by atoms with Crippen molar-refractivity contribution in [3.05, 3.63) is 12.5 Å². The van der Waals surface area contributed by atoms with Crippen LogP contribution in [-0.2, 0) is 0 Å². The Morgan fingerprint density at radius 2 is 2.45 bits per heavy atom. The van der Waals surface area contributed by atoms with Gasteiger partial charge in [0.2, 0.25) is 0 Å². The van der Waals surface area contributed by atoms with Crippen molar-refractivity contribution in [2.24, 2.45) is 0 Å². The van der Waals surface area contributed by atoms with Gasteiger partial charge in [0.25, 0.3) is 0 Å². The molecule has 11 heavy (non-hydrogen) atoms. The summed E-state index contributed by atoms with van der Waals surface area (Å²) in [6.07, 6.45) is 3.15. The Balaban J connectivity index is 2.69. The van der Waals surface area contributed by atoms with Gasteiger partial charge in [-0.1, -0.05) is 0 Å². The van der Waals surface area contributed by atoms with Crippen molar-refractivity contribution in [1.29, 1.82) is 0 Å². The number of aromatic amines is 1. The van der Waals surface area contributed by atoms with E-state index in [4.69, 9.17) is 0 Å². The lowest BCUT2D eigenvalue weighted by Gasteiger charge is -1.80. The number of nitrogens with zero attached hydrogens (tertiary/aromatic N) is 3. The van der Waals surface area contributed by atoms with Gasteiger partial charge in [-0.3, -0.25) is 0 Å². The minimum Gasteiger partial charge on any atom is -0.330 e. The molecule has 0 unspecified atom stereocenters. The van der Waals surface area contributed by atoms with Gasteiger partial charge < -0.3 is 4.98 Å². The molecular weight excluding hydrogens is 180 g/mol. The second kappa shape index (κ2) is 2.71. The fraction of sp³-hybridized carbons (Fsp3) is 0. The van der Waals surface area contributed by atoms with Crippen molar-refractivity contribution in [3.63, 3.8) is 0 Å². The van der Waals surface area contributed by atoms with Gasteiger partial charge in [0.05, 0.1) is 6.20 Å². The lowest BCUT2D eigenvalue weighted by Crippen LogP contribution is -1.76. The van der Waals surface area contributed by atoms with Crippen molar-refractivity contribution in [2.75, 3.05) is 0 Å². The van der Waals surface area contributed by atoms with Crippen molar-refractivity contribution in [1.82, 2.24) is 19.9 Å². The van der Waals surface area contributed by atoms with E-state index in [1.54, 1.807) is 6.20 Å². The summed E-state index contributed by atoms with van der Waals surface area (Å²) in [6.45, 7) is 0. The number of imidazole rings is 1. The van der Waals surface area contributed by atoms with Crippen LogP contribution in [0.15, 0.2) is 17.7 Å². The topological polar surface area (TPSA) is 54.5 Å². The summed E-state index contributed by atoms with van der Waals surface area (Å²) in [5, 5.41) is 0.740. The Labute approximate surface area is 71.7 Å². The molecule has 0 aliphatic heterocycles. The summed E-state index contributed by atoms with van der Waals surface area (Å²) in [7, 11) is 1.25. The Morgan fingerprint density at radius 1 is 1.55 bits per heavy atom. The summed E-state index contributed by atoms with van der Waals surface area (Å²) < 4.78 is 0. The predicted octanol–water partition coefficient (Wildman–Crippen LogP) is 1.29. The molecule has 2 aromatic rings. The number of fused-ring (bicyclic) bond motifs is 1. The van der Waals surface area contributed by atoms with E-state index in [1.807, 2.05) is 0 Å². The summed E-state index contributed by atoms with van der Waals surface area (Å²) in [5.41, 5.74) is 1.51. The van der Waals surface area contributed by atoms with Crippen LogP contribution in [0.2, 0.25) is 0 Å². The molecule has 0 saturated carbocycles. The third kappa shape index (κ3) is 1.19. The first kappa shape index (κ1) is 6.93. The molecule has 0 atom stereocenters. The van der Waals surface area contributed by atoms with E-state index in [1.165, 1.54) is 17.1 Å². The summed E-state index contributed by atoms with van der Waals surface area (Å²) in [6, 6.07) is 0. The SMILES string of the molecule is SSc1nc2ncncc2[nH]1. The van der Waals surface area contributed by atoms with E-state index in [9.17, 15) is 0 Å². The fourth-order valence-electron chi connectivity index (χ4n) is 0.783. The monoisotopic (exact) mass is 184 g/mol. The molecule has 6 heteroatoms. The lowest BCUT2D eigenvalue weighted by atomic mass is 10.6. The first-order valence-corrected chi connectivity index (χ1v) is 4.74. The van der Waals surface area contributed by atoms with Crippen molar-refractivity contribution < 1.29 is 0 Å². The predicted molar refractivity (Wildman–Crippen MR) is 46.5 cm³/mol. The number of aromatic nitrogens is 4. The molecule has 0 spiro atoms. The molecule has 56 valence electrons. The molecule has 0 bridgehead atoms. The number of H-pyrrole nitrogens is 1. The molecule has 2 rings (SSSR count). The average molecular weight is 184 g/mol.